The van der Waals surface area contributed by atoms with Crippen LogP contribution in [0, 0.1) is 13.8 Å². The first-order chi connectivity index (χ1) is 8.15. The third kappa shape index (κ3) is 1.61. The van der Waals surface area contributed by atoms with E-state index < -0.39 is 0 Å². The second kappa shape index (κ2) is 3.59. The van der Waals surface area contributed by atoms with Crippen LogP contribution < -0.4 is 0 Å². The van der Waals surface area contributed by atoms with Gasteiger partial charge in [0.25, 0.3) is 0 Å². The van der Waals surface area contributed by atoms with Gasteiger partial charge in [-0.25, -0.2) is 0 Å². The van der Waals surface area contributed by atoms with Crippen molar-refractivity contribution in [1.82, 2.24) is 0 Å². The van der Waals surface area contributed by atoms with Gasteiger partial charge in [-0.05, 0) is 48.1 Å². The molecule has 2 aromatic carbocycles. The van der Waals surface area contributed by atoms with E-state index in [-0.39, 0.29) is 0 Å². The quantitative estimate of drug-likeness (QED) is 0.611. The summed E-state index contributed by atoms with van der Waals surface area (Å²) in [6.45, 7) is 8.51. The molecule has 0 bridgehead atoms. The summed E-state index contributed by atoms with van der Waals surface area (Å²) >= 11 is 0. The molecule has 0 radical (unpaired) electrons. The Morgan fingerprint density at radius 3 is 2.24 bits per heavy atom. The monoisotopic (exact) mass is 220 g/mol. The van der Waals surface area contributed by atoms with Crippen molar-refractivity contribution >= 4 is 5.57 Å². The van der Waals surface area contributed by atoms with E-state index in [1.54, 1.807) is 0 Å². The molecule has 0 N–H and O–H groups in total. The molecule has 84 valence electrons. The van der Waals surface area contributed by atoms with Crippen LogP contribution in [0.3, 0.4) is 0 Å². The molecular formula is C17H16. The lowest BCUT2D eigenvalue weighted by molar-refractivity contribution is 1.23. The van der Waals surface area contributed by atoms with Gasteiger partial charge in [-0.2, -0.15) is 0 Å². The standard InChI is InChI=1S/C17H16/c1-11-4-6-15-14(8-11)10-13(3)17-9-12(2)5-7-16(15)17/h4-9H,3,10H2,1-2H3. The summed E-state index contributed by atoms with van der Waals surface area (Å²) < 4.78 is 0. The summed E-state index contributed by atoms with van der Waals surface area (Å²) in [5.74, 6) is 0. The van der Waals surface area contributed by atoms with Crippen molar-refractivity contribution in [2.75, 3.05) is 0 Å². The highest BCUT2D eigenvalue weighted by atomic mass is 14.2. The fourth-order valence-electron chi connectivity index (χ4n) is 2.64. The van der Waals surface area contributed by atoms with E-state index in [1.807, 2.05) is 0 Å². The van der Waals surface area contributed by atoms with Crippen LogP contribution in [0.15, 0.2) is 43.0 Å². The number of aryl methyl sites for hydroxylation is 2. The highest BCUT2D eigenvalue weighted by molar-refractivity contribution is 5.88. The molecule has 0 aliphatic heterocycles. The van der Waals surface area contributed by atoms with Crippen molar-refractivity contribution in [3.63, 3.8) is 0 Å². The molecule has 2 aromatic rings. The van der Waals surface area contributed by atoms with Gasteiger partial charge in [-0.1, -0.05) is 54.1 Å². The Hall–Kier alpha value is -1.82. The minimum Gasteiger partial charge on any atom is -0.0949 e. The second-order valence-electron chi connectivity index (χ2n) is 4.99. The first-order valence-corrected chi connectivity index (χ1v) is 6.04. The summed E-state index contributed by atoms with van der Waals surface area (Å²) in [4.78, 5) is 0. The Balaban J connectivity index is 2.30. The molecule has 0 spiro atoms. The molecule has 0 nitrogen and oxygen atoms in total. The minimum absolute atomic E-state index is 0.980. The molecule has 0 saturated carbocycles. The van der Waals surface area contributed by atoms with E-state index in [0.29, 0.717) is 0 Å². The van der Waals surface area contributed by atoms with Gasteiger partial charge in [-0.3, -0.25) is 0 Å². The lowest BCUT2D eigenvalue weighted by Crippen LogP contribution is -2.03. The Morgan fingerprint density at radius 2 is 1.47 bits per heavy atom. The van der Waals surface area contributed by atoms with E-state index >= 15 is 0 Å². The van der Waals surface area contributed by atoms with Crippen molar-refractivity contribution < 1.29 is 0 Å². The topological polar surface area (TPSA) is 0 Å². The Bertz CT molecular complexity index is 618. The van der Waals surface area contributed by atoms with Crippen molar-refractivity contribution in [3.05, 3.63) is 65.2 Å². The van der Waals surface area contributed by atoms with Gasteiger partial charge in [0.15, 0.2) is 0 Å². The molecule has 0 heteroatoms. The maximum absolute atomic E-state index is 4.23. The third-order valence-corrected chi connectivity index (χ3v) is 3.51. The number of benzene rings is 2. The molecule has 3 rings (SSSR count). The van der Waals surface area contributed by atoms with E-state index in [0.717, 1.165) is 6.42 Å². The number of hydrogen-bond donors (Lipinski definition) is 0. The van der Waals surface area contributed by atoms with Crippen LogP contribution in [0.4, 0.5) is 0 Å². The van der Waals surface area contributed by atoms with Crippen LogP contribution >= 0.6 is 0 Å². The molecular weight excluding hydrogens is 204 g/mol. The maximum Gasteiger partial charge on any atom is -0.00192 e. The van der Waals surface area contributed by atoms with Crippen molar-refractivity contribution in [3.8, 4) is 11.1 Å². The predicted molar refractivity (Wildman–Crippen MR) is 74.1 cm³/mol. The number of hydrogen-bond acceptors (Lipinski definition) is 0. The average Bonchev–Trinajstić information content (AvgIpc) is 2.29. The van der Waals surface area contributed by atoms with Gasteiger partial charge in [0.05, 0.1) is 0 Å². The molecule has 1 aliphatic rings. The highest BCUT2D eigenvalue weighted by Gasteiger charge is 2.18. The summed E-state index contributed by atoms with van der Waals surface area (Å²) in [6, 6.07) is 13.4. The van der Waals surface area contributed by atoms with E-state index in [4.69, 9.17) is 0 Å². The zero-order valence-electron chi connectivity index (χ0n) is 10.4. The number of fused-ring (bicyclic) bond motifs is 3. The van der Waals surface area contributed by atoms with Gasteiger partial charge in [-0.15, -0.1) is 0 Å². The molecule has 0 heterocycles. The van der Waals surface area contributed by atoms with Crippen LogP contribution in [-0.4, -0.2) is 0 Å². The number of allylic oxidation sites excluding steroid dienone is 1. The van der Waals surface area contributed by atoms with Gasteiger partial charge < -0.3 is 0 Å². The number of rotatable bonds is 0. The minimum atomic E-state index is 0.980. The van der Waals surface area contributed by atoms with Crippen LogP contribution in [-0.2, 0) is 6.42 Å². The van der Waals surface area contributed by atoms with E-state index in [2.05, 4.69) is 56.8 Å². The SMILES string of the molecule is C=C1Cc2cc(C)ccc2-c2ccc(C)cc21. The molecule has 0 fully saturated rings. The van der Waals surface area contributed by atoms with Crippen LogP contribution in [0.25, 0.3) is 16.7 Å². The van der Waals surface area contributed by atoms with Gasteiger partial charge in [0, 0.05) is 0 Å². The molecule has 0 saturated heterocycles. The lowest BCUT2D eigenvalue weighted by Gasteiger charge is -2.22. The van der Waals surface area contributed by atoms with Gasteiger partial charge in [0.1, 0.15) is 0 Å². The zero-order chi connectivity index (χ0) is 12.0. The average molecular weight is 220 g/mol. The van der Waals surface area contributed by atoms with E-state index in [1.165, 1.54) is 39.0 Å². The summed E-state index contributed by atoms with van der Waals surface area (Å²) in [7, 11) is 0. The van der Waals surface area contributed by atoms with Crippen LogP contribution in [0.2, 0.25) is 0 Å². The summed E-state index contributed by atoms with van der Waals surface area (Å²) in [6.07, 6.45) is 0.980. The van der Waals surface area contributed by atoms with E-state index in [9.17, 15) is 0 Å². The van der Waals surface area contributed by atoms with Crippen molar-refractivity contribution in [2.45, 2.75) is 20.3 Å². The third-order valence-electron chi connectivity index (χ3n) is 3.51. The predicted octanol–water partition coefficient (Wildman–Crippen LogP) is 4.54. The molecule has 1 aliphatic carbocycles. The normalized spacial score (nSPS) is 13.2. The largest absolute Gasteiger partial charge is 0.0949 e. The maximum atomic E-state index is 4.23. The first kappa shape index (κ1) is 10.3. The van der Waals surface area contributed by atoms with Crippen LogP contribution in [0.1, 0.15) is 22.3 Å². The molecule has 17 heavy (non-hydrogen) atoms. The molecule has 0 atom stereocenters. The van der Waals surface area contributed by atoms with Crippen molar-refractivity contribution in [1.29, 1.82) is 0 Å². The first-order valence-electron chi connectivity index (χ1n) is 6.04. The Labute approximate surface area is 103 Å². The highest BCUT2D eigenvalue weighted by Crippen LogP contribution is 2.39. The van der Waals surface area contributed by atoms with Gasteiger partial charge >= 0.3 is 0 Å². The smallest absolute Gasteiger partial charge is 0.00192 e. The molecule has 0 unspecified atom stereocenters. The fraction of sp³-hybridized carbons (Fsp3) is 0.176. The molecule has 0 amide bonds. The lowest BCUT2D eigenvalue weighted by atomic mass is 9.82. The van der Waals surface area contributed by atoms with Crippen LogP contribution in [0.5, 0.6) is 0 Å². The Morgan fingerprint density at radius 1 is 0.824 bits per heavy atom. The fourth-order valence-corrected chi connectivity index (χ4v) is 2.64. The van der Waals surface area contributed by atoms with Gasteiger partial charge in [0.2, 0.25) is 0 Å². The molecule has 0 aromatic heterocycles. The second-order valence-corrected chi connectivity index (χ2v) is 4.99. The van der Waals surface area contributed by atoms with Crippen molar-refractivity contribution in [2.24, 2.45) is 0 Å². The summed E-state index contributed by atoms with van der Waals surface area (Å²) in [5.41, 5.74) is 9.31. The Kier molecular flexibility index (Phi) is 2.19. The zero-order valence-corrected chi connectivity index (χ0v) is 10.4. The summed E-state index contributed by atoms with van der Waals surface area (Å²) in [5, 5.41) is 0.